The Balaban J connectivity index is 1.43. The summed E-state index contributed by atoms with van der Waals surface area (Å²) in [5, 5.41) is 0. The fourth-order valence-electron chi connectivity index (χ4n) is 3.48. The minimum atomic E-state index is 0.198. The van der Waals surface area contributed by atoms with Crippen LogP contribution in [0.1, 0.15) is 38.5 Å². The third kappa shape index (κ3) is 5.89. The molecule has 1 amide bonds. The molecular formula is C22H29NO3S. The van der Waals surface area contributed by atoms with Crippen LogP contribution >= 0.6 is 11.3 Å². The standard InChI is InChI=1S/C22H29NO3S/c1-17-3-8-21(27-17)22(24)23-11-9-19(10-12-23)15-18-4-6-20(7-5-18)16-26-14-13-25-2/h3-8,19H,9-16H2,1-2H3. The van der Waals surface area contributed by atoms with E-state index in [1.165, 1.54) is 16.0 Å². The van der Waals surface area contributed by atoms with Crippen molar-refractivity contribution >= 4 is 17.2 Å². The first-order valence-electron chi connectivity index (χ1n) is 9.66. The Labute approximate surface area is 166 Å². The summed E-state index contributed by atoms with van der Waals surface area (Å²) >= 11 is 1.59. The molecule has 0 spiro atoms. The van der Waals surface area contributed by atoms with Crippen molar-refractivity contribution in [1.29, 1.82) is 0 Å². The van der Waals surface area contributed by atoms with E-state index in [2.05, 4.69) is 24.3 Å². The number of hydrogen-bond donors (Lipinski definition) is 0. The molecule has 0 radical (unpaired) electrons. The Morgan fingerprint density at radius 3 is 2.41 bits per heavy atom. The maximum absolute atomic E-state index is 12.6. The Morgan fingerprint density at radius 1 is 1.07 bits per heavy atom. The van der Waals surface area contributed by atoms with Gasteiger partial charge < -0.3 is 14.4 Å². The van der Waals surface area contributed by atoms with E-state index in [9.17, 15) is 4.79 Å². The van der Waals surface area contributed by atoms with Crippen LogP contribution in [-0.2, 0) is 22.5 Å². The Hall–Kier alpha value is -1.69. The largest absolute Gasteiger partial charge is 0.382 e. The number of thiophene rings is 1. The highest BCUT2D eigenvalue weighted by molar-refractivity contribution is 7.13. The van der Waals surface area contributed by atoms with Crippen molar-refractivity contribution in [3.8, 4) is 0 Å². The monoisotopic (exact) mass is 387 g/mol. The Morgan fingerprint density at radius 2 is 1.78 bits per heavy atom. The van der Waals surface area contributed by atoms with Gasteiger partial charge in [0.2, 0.25) is 0 Å². The number of rotatable bonds is 8. The molecular weight excluding hydrogens is 358 g/mol. The predicted molar refractivity (Wildman–Crippen MR) is 109 cm³/mol. The van der Waals surface area contributed by atoms with Gasteiger partial charge in [-0.3, -0.25) is 4.79 Å². The number of carbonyl (C=O) groups is 1. The zero-order chi connectivity index (χ0) is 19.1. The van der Waals surface area contributed by atoms with E-state index in [1.807, 2.05) is 24.0 Å². The molecule has 1 aliphatic heterocycles. The van der Waals surface area contributed by atoms with E-state index < -0.39 is 0 Å². The first kappa shape index (κ1) is 20.1. The Bertz CT molecular complexity index is 717. The number of carbonyl (C=O) groups excluding carboxylic acids is 1. The van der Waals surface area contributed by atoms with Crippen molar-refractivity contribution in [2.45, 2.75) is 32.8 Å². The number of amides is 1. The lowest BCUT2D eigenvalue weighted by Crippen LogP contribution is -2.38. The summed E-state index contributed by atoms with van der Waals surface area (Å²) in [4.78, 5) is 16.6. The van der Waals surface area contributed by atoms with E-state index in [-0.39, 0.29) is 5.91 Å². The molecule has 2 aromatic rings. The van der Waals surface area contributed by atoms with Crippen molar-refractivity contribution < 1.29 is 14.3 Å². The molecule has 0 aliphatic carbocycles. The molecule has 0 bridgehead atoms. The maximum Gasteiger partial charge on any atom is 0.263 e. The molecule has 0 atom stereocenters. The van der Waals surface area contributed by atoms with Crippen LogP contribution < -0.4 is 0 Å². The second-order valence-corrected chi connectivity index (χ2v) is 8.50. The quantitative estimate of drug-likeness (QED) is 0.634. The van der Waals surface area contributed by atoms with E-state index in [1.54, 1.807) is 18.4 Å². The van der Waals surface area contributed by atoms with Gasteiger partial charge in [-0.25, -0.2) is 0 Å². The molecule has 0 unspecified atom stereocenters. The summed E-state index contributed by atoms with van der Waals surface area (Å²) < 4.78 is 10.5. The molecule has 2 heterocycles. The molecule has 1 aromatic carbocycles. The van der Waals surface area contributed by atoms with Crippen LogP contribution in [0, 0.1) is 12.8 Å². The lowest BCUT2D eigenvalue weighted by molar-refractivity contribution is 0.0616. The van der Waals surface area contributed by atoms with Crippen LogP contribution in [0.3, 0.4) is 0 Å². The third-order valence-electron chi connectivity index (χ3n) is 5.10. The average Bonchev–Trinajstić information content (AvgIpc) is 3.13. The van der Waals surface area contributed by atoms with E-state index in [0.29, 0.717) is 25.7 Å². The SMILES string of the molecule is COCCOCc1ccc(CC2CCN(C(=O)c3ccc(C)s3)CC2)cc1. The van der Waals surface area contributed by atoms with Gasteiger partial charge in [0.15, 0.2) is 0 Å². The van der Waals surface area contributed by atoms with Gasteiger partial charge in [0.05, 0.1) is 24.7 Å². The second kappa shape index (κ2) is 10.0. The molecule has 1 aliphatic rings. The van der Waals surface area contributed by atoms with E-state index in [4.69, 9.17) is 9.47 Å². The molecule has 0 saturated carbocycles. The second-order valence-electron chi connectivity index (χ2n) is 7.21. The molecule has 1 saturated heterocycles. The molecule has 4 nitrogen and oxygen atoms in total. The summed E-state index contributed by atoms with van der Waals surface area (Å²) in [5.41, 5.74) is 2.57. The summed E-state index contributed by atoms with van der Waals surface area (Å²) in [5.74, 6) is 0.854. The van der Waals surface area contributed by atoms with Crippen molar-refractivity contribution in [1.82, 2.24) is 4.90 Å². The van der Waals surface area contributed by atoms with Crippen molar-refractivity contribution in [3.05, 3.63) is 57.3 Å². The van der Waals surface area contributed by atoms with Gasteiger partial charge in [-0.05, 0) is 55.4 Å². The van der Waals surface area contributed by atoms with Crippen LogP contribution in [0.5, 0.6) is 0 Å². The smallest absolute Gasteiger partial charge is 0.263 e. The van der Waals surface area contributed by atoms with Crippen molar-refractivity contribution in [2.24, 2.45) is 5.92 Å². The van der Waals surface area contributed by atoms with Gasteiger partial charge in [0, 0.05) is 25.1 Å². The van der Waals surface area contributed by atoms with E-state index >= 15 is 0 Å². The van der Waals surface area contributed by atoms with Crippen LogP contribution in [-0.4, -0.2) is 44.2 Å². The summed E-state index contributed by atoms with van der Waals surface area (Å²) in [6, 6.07) is 12.7. The number of methoxy groups -OCH3 is 1. The number of likely N-dealkylation sites (tertiary alicyclic amines) is 1. The molecule has 5 heteroatoms. The fraction of sp³-hybridized carbons (Fsp3) is 0.500. The fourth-order valence-corrected chi connectivity index (χ4v) is 4.32. The third-order valence-corrected chi connectivity index (χ3v) is 6.09. The van der Waals surface area contributed by atoms with E-state index in [0.717, 1.165) is 37.2 Å². The first-order valence-corrected chi connectivity index (χ1v) is 10.5. The lowest BCUT2D eigenvalue weighted by atomic mass is 9.90. The van der Waals surface area contributed by atoms with Crippen LogP contribution in [0.15, 0.2) is 36.4 Å². The molecule has 3 rings (SSSR count). The van der Waals surface area contributed by atoms with Crippen LogP contribution in [0.2, 0.25) is 0 Å². The number of hydrogen-bond acceptors (Lipinski definition) is 4. The topological polar surface area (TPSA) is 38.8 Å². The minimum Gasteiger partial charge on any atom is -0.382 e. The zero-order valence-corrected chi connectivity index (χ0v) is 17.1. The van der Waals surface area contributed by atoms with Gasteiger partial charge in [-0.1, -0.05) is 24.3 Å². The van der Waals surface area contributed by atoms with Gasteiger partial charge >= 0.3 is 0 Å². The number of ether oxygens (including phenoxy) is 2. The number of aryl methyl sites for hydroxylation is 1. The van der Waals surface area contributed by atoms with Crippen LogP contribution in [0.25, 0.3) is 0 Å². The number of piperidine rings is 1. The average molecular weight is 388 g/mol. The van der Waals surface area contributed by atoms with Crippen molar-refractivity contribution in [3.63, 3.8) is 0 Å². The molecule has 1 fully saturated rings. The lowest BCUT2D eigenvalue weighted by Gasteiger charge is -2.32. The summed E-state index contributed by atoms with van der Waals surface area (Å²) in [7, 11) is 1.68. The molecule has 1 aromatic heterocycles. The highest BCUT2D eigenvalue weighted by atomic mass is 32.1. The summed E-state index contributed by atoms with van der Waals surface area (Å²) in [6.45, 7) is 5.67. The van der Waals surface area contributed by atoms with Crippen molar-refractivity contribution in [2.75, 3.05) is 33.4 Å². The first-order chi connectivity index (χ1) is 13.2. The highest BCUT2D eigenvalue weighted by Crippen LogP contribution is 2.25. The van der Waals surface area contributed by atoms with Gasteiger partial charge in [0.1, 0.15) is 0 Å². The summed E-state index contributed by atoms with van der Waals surface area (Å²) in [6.07, 6.45) is 3.25. The molecule has 0 N–H and O–H groups in total. The maximum atomic E-state index is 12.6. The molecule has 146 valence electrons. The molecule has 27 heavy (non-hydrogen) atoms. The van der Waals surface area contributed by atoms with Crippen LogP contribution in [0.4, 0.5) is 0 Å². The normalized spacial score (nSPS) is 15.3. The van der Waals surface area contributed by atoms with Gasteiger partial charge in [-0.15, -0.1) is 11.3 Å². The zero-order valence-electron chi connectivity index (χ0n) is 16.3. The number of nitrogens with zero attached hydrogens (tertiary/aromatic N) is 1. The predicted octanol–water partition coefficient (Wildman–Crippen LogP) is 4.31. The van der Waals surface area contributed by atoms with Gasteiger partial charge in [0.25, 0.3) is 5.91 Å². The highest BCUT2D eigenvalue weighted by Gasteiger charge is 2.24. The Kier molecular flexibility index (Phi) is 7.44. The number of benzene rings is 1. The minimum absolute atomic E-state index is 0.198. The van der Waals surface area contributed by atoms with Gasteiger partial charge in [-0.2, -0.15) is 0 Å².